The van der Waals surface area contributed by atoms with Gasteiger partial charge in [-0.3, -0.25) is 4.79 Å². The largest absolute Gasteiger partial charge is 0.352 e. The van der Waals surface area contributed by atoms with Crippen LogP contribution in [0.15, 0.2) is 24.3 Å². The van der Waals surface area contributed by atoms with Crippen LogP contribution in [-0.2, 0) is 11.3 Å². The Morgan fingerprint density at radius 3 is 2.81 bits per heavy atom. The fourth-order valence-corrected chi connectivity index (χ4v) is 1.66. The highest BCUT2D eigenvalue weighted by Gasteiger charge is 2.19. The van der Waals surface area contributed by atoms with Gasteiger partial charge in [-0.25, -0.2) is 4.39 Å². The first-order chi connectivity index (χ1) is 7.75. The van der Waals surface area contributed by atoms with Crippen molar-refractivity contribution in [2.24, 2.45) is 5.92 Å². The van der Waals surface area contributed by atoms with E-state index in [1.165, 1.54) is 6.07 Å². The van der Waals surface area contributed by atoms with Gasteiger partial charge in [-0.1, -0.05) is 18.2 Å². The Labute approximate surface area is 94.0 Å². The van der Waals surface area contributed by atoms with E-state index < -0.39 is 0 Å². The topological polar surface area (TPSA) is 41.1 Å². The van der Waals surface area contributed by atoms with Crippen LogP contribution in [-0.4, -0.2) is 19.0 Å². The van der Waals surface area contributed by atoms with Crippen molar-refractivity contribution in [3.05, 3.63) is 35.6 Å². The van der Waals surface area contributed by atoms with Crippen molar-refractivity contribution < 1.29 is 9.18 Å². The minimum absolute atomic E-state index is 0.00486. The number of hydrogen-bond acceptors (Lipinski definition) is 2. The van der Waals surface area contributed by atoms with Gasteiger partial charge in [0.2, 0.25) is 5.91 Å². The van der Waals surface area contributed by atoms with Gasteiger partial charge in [0.05, 0.1) is 0 Å². The quantitative estimate of drug-likeness (QED) is 0.799. The van der Waals surface area contributed by atoms with Crippen molar-refractivity contribution in [1.29, 1.82) is 0 Å². The van der Waals surface area contributed by atoms with Crippen LogP contribution in [0.25, 0.3) is 0 Å². The summed E-state index contributed by atoms with van der Waals surface area (Å²) in [6, 6.07) is 6.49. The van der Waals surface area contributed by atoms with E-state index in [2.05, 4.69) is 10.6 Å². The van der Waals surface area contributed by atoms with Gasteiger partial charge in [0, 0.05) is 18.5 Å². The zero-order valence-electron chi connectivity index (χ0n) is 9.00. The third-order valence-corrected chi connectivity index (χ3v) is 2.77. The second-order valence-corrected chi connectivity index (χ2v) is 4.10. The molecule has 0 bridgehead atoms. The average Bonchev–Trinajstić information content (AvgIpc) is 2.22. The van der Waals surface area contributed by atoms with Gasteiger partial charge in [-0.2, -0.15) is 0 Å². The molecule has 0 atom stereocenters. The van der Waals surface area contributed by atoms with Crippen LogP contribution in [0.4, 0.5) is 4.39 Å². The van der Waals surface area contributed by atoms with Gasteiger partial charge in [-0.05, 0) is 25.1 Å². The number of carbonyl (C=O) groups is 1. The molecule has 1 fully saturated rings. The molecule has 1 aromatic rings. The maximum Gasteiger partial charge on any atom is 0.220 e. The second-order valence-electron chi connectivity index (χ2n) is 4.10. The van der Waals surface area contributed by atoms with Gasteiger partial charge >= 0.3 is 0 Å². The molecule has 4 heteroatoms. The summed E-state index contributed by atoms with van der Waals surface area (Å²) in [5.41, 5.74) is 0.530. The lowest BCUT2D eigenvalue weighted by Crippen LogP contribution is -2.44. The Morgan fingerprint density at radius 2 is 2.19 bits per heavy atom. The maximum atomic E-state index is 13.2. The van der Waals surface area contributed by atoms with Crippen LogP contribution >= 0.6 is 0 Å². The Balaban J connectivity index is 1.78. The van der Waals surface area contributed by atoms with Crippen molar-refractivity contribution in [3.8, 4) is 0 Å². The van der Waals surface area contributed by atoms with Crippen LogP contribution in [0.5, 0.6) is 0 Å². The highest BCUT2D eigenvalue weighted by molar-refractivity contribution is 5.76. The zero-order chi connectivity index (χ0) is 11.4. The molecule has 0 spiro atoms. The van der Waals surface area contributed by atoms with Crippen LogP contribution in [0.1, 0.15) is 12.0 Å². The van der Waals surface area contributed by atoms with Crippen molar-refractivity contribution in [3.63, 3.8) is 0 Å². The number of benzene rings is 1. The van der Waals surface area contributed by atoms with E-state index in [-0.39, 0.29) is 18.3 Å². The fourth-order valence-electron chi connectivity index (χ4n) is 1.66. The summed E-state index contributed by atoms with van der Waals surface area (Å²) >= 11 is 0. The van der Waals surface area contributed by atoms with Crippen molar-refractivity contribution in [2.45, 2.75) is 13.0 Å². The summed E-state index contributed by atoms with van der Waals surface area (Å²) in [4.78, 5) is 11.5. The van der Waals surface area contributed by atoms with E-state index >= 15 is 0 Å². The van der Waals surface area contributed by atoms with Crippen LogP contribution in [0.3, 0.4) is 0 Å². The summed E-state index contributed by atoms with van der Waals surface area (Å²) in [6.45, 7) is 2.09. The molecule has 2 N–H and O–H groups in total. The SMILES string of the molecule is O=C(CC1CNC1)NCc1ccccc1F. The lowest BCUT2D eigenvalue weighted by atomic mass is 9.99. The van der Waals surface area contributed by atoms with Gasteiger partial charge in [0.1, 0.15) is 5.82 Å². The Hall–Kier alpha value is -1.42. The van der Waals surface area contributed by atoms with E-state index in [0.29, 0.717) is 17.9 Å². The molecule has 0 radical (unpaired) electrons. The molecule has 16 heavy (non-hydrogen) atoms. The predicted molar refractivity (Wildman–Crippen MR) is 59.2 cm³/mol. The molecule has 1 aliphatic heterocycles. The number of hydrogen-bond donors (Lipinski definition) is 2. The molecule has 0 saturated carbocycles. The first kappa shape index (κ1) is 11.1. The molecule has 0 aliphatic carbocycles. The van der Waals surface area contributed by atoms with Gasteiger partial charge in [0.15, 0.2) is 0 Å². The summed E-state index contributed by atoms with van der Waals surface area (Å²) < 4.78 is 13.2. The minimum Gasteiger partial charge on any atom is -0.352 e. The molecule has 0 aromatic heterocycles. The summed E-state index contributed by atoms with van der Waals surface area (Å²) in [5, 5.41) is 5.84. The molecular formula is C12H15FN2O. The van der Waals surface area contributed by atoms with E-state index in [1.807, 2.05) is 0 Å². The maximum absolute atomic E-state index is 13.2. The lowest BCUT2D eigenvalue weighted by molar-refractivity contribution is -0.122. The fraction of sp³-hybridized carbons (Fsp3) is 0.417. The number of amides is 1. The van der Waals surface area contributed by atoms with Gasteiger partial charge < -0.3 is 10.6 Å². The van der Waals surface area contributed by atoms with Gasteiger partial charge in [-0.15, -0.1) is 0 Å². The van der Waals surface area contributed by atoms with Crippen molar-refractivity contribution in [1.82, 2.24) is 10.6 Å². The highest BCUT2D eigenvalue weighted by atomic mass is 19.1. The average molecular weight is 222 g/mol. The monoisotopic (exact) mass is 222 g/mol. The lowest BCUT2D eigenvalue weighted by Gasteiger charge is -2.26. The zero-order valence-corrected chi connectivity index (χ0v) is 9.00. The molecule has 1 aromatic carbocycles. The molecule has 2 rings (SSSR count). The van der Waals surface area contributed by atoms with Crippen LogP contribution < -0.4 is 10.6 Å². The molecule has 1 aliphatic rings. The third kappa shape index (κ3) is 2.79. The highest BCUT2D eigenvalue weighted by Crippen LogP contribution is 2.09. The summed E-state index contributed by atoms with van der Waals surface area (Å²) in [5.74, 6) is 0.170. The molecule has 3 nitrogen and oxygen atoms in total. The molecule has 0 unspecified atom stereocenters. The van der Waals surface area contributed by atoms with E-state index in [1.54, 1.807) is 18.2 Å². The minimum atomic E-state index is -0.270. The number of rotatable bonds is 4. The third-order valence-electron chi connectivity index (χ3n) is 2.77. The molecule has 1 heterocycles. The first-order valence-electron chi connectivity index (χ1n) is 5.46. The molecular weight excluding hydrogens is 207 g/mol. The molecule has 1 amide bonds. The number of halogens is 1. The van der Waals surface area contributed by atoms with Crippen LogP contribution in [0.2, 0.25) is 0 Å². The van der Waals surface area contributed by atoms with Crippen molar-refractivity contribution >= 4 is 5.91 Å². The van der Waals surface area contributed by atoms with E-state index in [9.17, 15) is 9.18 Å². The smallest absolute Gasteiger partial charge is 0.220 e. The summed E-state index contributed by atoms with van der Waals surface area (Å²) in [7, 11) is 0. The first-order valence-corrected chi connectivity index (χ1v) is 5.46. The van der Waals surface area contributed by atoms with E-state index in [4.69, 9.17) is 0 Å². The molecule has 1 saturated heterocycles. The summed E-state index contributed by atoms with van der Waals surface area (Å²) in [6.07, 6.45) is 0.529. The standard InChI is InChI=1S/C12H15FN2O/c13-11-4-2-1-3-10(11)8-15-12(16)5-9-6-14-7-9/h1-4,9,14H,5-8H2,(H,15,16). The van der Waals surface area contributed by atoms with E-state index in [0.717, 1.165) is 13.1 Å². The van der Waals surface area contributed by atoms with Crippen molar-refractivity contribution in [2.75, 3.05) is 13.1 Å². The Bertz CT molecular complexity index is 377. The van der Waals surface area contributed by atoms with Crippen LogP contribution in [0, 0.1) is 11.7 Å². The Kier molecular flexibility index (Phi) is 3.51. The van der Waals surface area contributed by atoms with Gasteiger partial charge in [0.25, 0.3) is 0 Å². The second kappa shape index (κ2) is 5.07. The normalized spacial score (nSPS) is 15.6. The Morgan fingerprint density at radius 1 is 1.44 bits per heavy atom. The number of nitrogens with one attached hydrogen (secondary N) is 2. The number of carbonyl (C=O) groups excluding carboxylic acids is 1. The molecule has 86 valence electrons. The predicted octanol–water partition coefficient (Wildman–Crippen LogP) is 1.05.